The second kappa shape index (κ2) is 6.62. The van der Waals surface area contributed by atoms with E-state index in [0.29, 0.717) is 17.0 Å². The van der Waals surface area contributed by atoms with Gasteiger partial charge in [-0.2, -0.15) is 4.39 Å². The third kappa shape index (κ3) is 3.32. The molecule has 3 aromatic rings. The van der Waals surface area contributed by atoms with Gasteiger partial charge in [-0.1, -0.05) is 17.3 Å². The van der Waals surface area contributed by atoms with Crippen molar-refractivity contribution in [3.8, 4) is 22.6 Å². The Kier molecular flexibility index (Phi) is 4.37. The van der Waals surface area contributed by atoms with Gasteiger partial charge in [0, 0.05) is 29.4 Å². The van der Waals surface area contributed by atoms with Gasteiger partial charge < -0.3 is 9.84 Å². The van der Waals surface area contributed by atoms with Gasteiger partial charge in [-0.3, -0.25) is 4.79 Å². The minimum atomic E-state index is -0.599. The highest BCUT2D eigenvalue weighted by molar-refractivity contribution is 5.94. The largest absolute Gasteiger partial charge is 0.356 e. The summed E-state index contributed by atoms with van der Waals surface area (Å²) in [5.41, 5.74) is 1.96. The van der Waals surface area contributed by atoms with Crippen LogP contribution in [-0.2, 0) is 0 Å². The zero-order chi connectivity index (χ0) is 17.1. The van der Waals surface area contributed by atoms with Gasteiger partial charge in [0.2, 0.25) is 5.95 Å². The molecular weight excluding hydrogens is 309 g/mol. The predicted molar refractivity (Wildman–Crippen MR) is 87.7 cm³/mol. The van der Waals surface area contributed by atoms with E-state index in [1.807, 2.05) is 13.8 Å². The summed E-state index contributed by atoms with van der Waals surface area (Å²) in [6, 6.07) is 11.9. The number of hydrogen-bond acceptors (Lipinski definition) is 4. The minimum absolute atomic E-state index is 0.0726. The van der Waals surface area contributed by atoms with Gasteiger partial charge >= 0.3 is 0 Å². The molecule has 0 bridgehead atoms. The first-order valence-corrected chi connectivity index (χ1v) is 7.53. The number of carbonyl (C=O) groups is 1. The normalized spacial score (nSPS) is 10.8. The molecule has 1 N–H and O–H groups in total. The van der Waals surface area contributed by atoms with Crippen LogP contribution in [0.15, 0.2) is 53.2 Å². The second-order valence-corrected chi connectivity index (χ2v) is 5.62. The number of carbonyl (C=O) groups excluding carboxylic acids is 1. The van der Waals surface area contributed by atoms with E-state index in [4.69, 9.17) is 4.52 Å². The van der Waals surface area contributed by atoms with Crippen molar-refractivity contribution in [2.75, 3.05) is 0 Å². The van der Waals surface area contributed by atoms with E-state index >= 15 is 0 Å². The zero-order valence-corrected chi connectivity index (χ0v) is 13.3. The number of rotatable bonds is 4. The van der Waals surface area contributed by atoms with Gasteiger partial charge in [-0.25, -0.2) is 4.98 Å². The fourth-order valence-corrected chi connectivity index (χ4v) is 2.25. The maximum absolute atomic E-state index is 13.7. The van der Waals surface area contributed by atoms with Crippen molar-refractivity contribution in [1.82, 2.24) is 15.5 Å². The van der Waals surface area contributed by atoms with Crippen LogP contribution in [0.25, 0.3) is 22.6 Å². The van der Waals surface area contributed by atoms with Crippen LogP contribution in [0.4, 0.5) is 4.39 Å². The van der Waals surface area contributed by atoms with E-state index in [1.54, 1.807) is 42.5 Å². The first kappa shape index (κ1) is 15.9. The summed E-state index contributed by atoms with van der Waals surface area (Å²) in [6.45, 7) is 3.81. The molecule has 0 spiro atoms. The van der Waals surface area contributed by atoms with Crippen molar-refractivity contribution < 1.29 is 13.7 Å². The summed E-state index contributed by atoms with van der Waals surface area (Å²) < 4.78 is 19.0. The molecule has 0 radical (unpaired) electrons. The summed E-state index contributed by atoms with van der Waals surface area (Å²) in [4.78, 5) is 15.5. The topological polar surface area (TPSA) is 68.0 Å². The van der Waals surface area contributed by atoms with Gasteiger partial charge in [0.25, 0.3) is 5.91 Å². The van der Waals surface area contributed by atoms with E-state index in [0.717, 1.165) is 5.56 Å². The van der Waals surface area contributed by atoms with Crippen molar-refractivity contribution in [2.45, 2.75) is 19.9 Å². The fraction of sp³-hybridized carbons (Fsp3) is 0.167. The van der Waals surface area contributed by atoms with E-state index < -0.39 is 5.95 Å². The van der Waals surface area contributed by atoms with E-state index in [1.165, 1.54) is 6.20 Å². The van der Waals surface area contributed by atoms with Crippen molar-refractivity contribution in [3.05, 3.63) is 60.2 Å². The first-order chi connectivity index (χ1) is 11.5. The maximum atomic E-state index is 13.7. The van der Waals surface area contributed by atoms with Crippen molar-refractivity contribution >= 4 is 5.91 Å². The van der Waals surface area contributed by atoms with Crippen LogP contribution in [0.3, 0.4) is 0 Å². The number of aromatic nitrogens is 2. The molecule has 0 saturated heterocycles. The van der Waals surface area contributed by atoms with E-state index in [-0.39, 0.29) is 17.5 Å². The molecule has 1 amide bonds. The number of hydrogen-bond donors (Lipinski definition) is 1. The maximum Gasteiger partial charge on any atom is 0.251 e. The number of benzene rings is 1. The summed E-state index contributed by atoms with van der Waals surface area (Å²) >= 11 is 0. The zero-order valence-electron chi connectivity index (χ0n) is 13.3. The molecule has 24 heavy (non-hydrogen) atoms. The Bertz CT molecular complexity index is 857. The molecule has 1 aromatic carbocycles. The second-order valence-electron chi connectivity index (χ2n) is 5.62. The molecule has 0 aliphatic rings. The molecule has 2 heterocycles. The Labute approximate surface area is 138 Å². The molecule has 5 nitrogen and oxygen atoms in total. The van der Waals surface area contributed by atoms with Crippen molar-refractivity contribution in [2.24, 2.45) is 0 Å². The van der Waals surface area contributed by atoms with Gasteiger partial charge in [0.15, 0.2) is 5.76 Å². The molecular formula is C18H16FN3O2. The lowest BCUT2D eigenvalue weighted by Gasteiger charge is -2.08. The molecule has 0 fully saturated rings. The molecule has 0 atom stereocenters. The molecule has 0 unspecified atom stereocenters. The molecule has 122 valence electrons. The number of nitrogens with one attached hydrogen (secondary N) is 1. The van der Waals surface area contributed by atoms with Crippen LogP contribution in [0.1, 0.15) is 24.2 Å². The Balaban J connectivity index is 1.83. The Hall–Kier alpha value is -3.02. The van der Waals surface area contributed by atoms with Crippen molar-refractivity contribution in [1.29, 1.82) is 0 Å². The summed E-state index contributed by atoms with van der Waals surface area (Å²) in [6.07, 6.45) is 1.38. The summed E-state index contributed by atoms with van der Waals surface area (Å²) in [5.74, 6) is -0.241. The highest BCUT2D eigenvalue weighted by Crippen LogP contribution is 2.27. The quantitative estimate of drug-likeness (QED) is 0.743. The third-order valence-electron chi connectivity index (χ3n) is 3.40. The average molecular weight is 325 g/mol. The summed E-state index contributed by atoms with van der Waals surface area (Å²) in [7, 11) is 0. The van der Waals surface area contributed by atoms with Crippen LogP contribution in [-0.4, -0.2) is 22.1 Å². The van der Waals surface area contributed by atoms with Crippen LogP contribution in [0.2, 0.25) is 0 Å². The predicted octanol–water partition coefficient (Wildman–Crippen LogP) is 3.68. The summed E-state index contributed by atoms with van der Waals surface area (Å²) in [5, 5.41) is 6.71. The molecule has 6 heteroatoms. The Morgan fingerprint density at radius 1 is 1.21 bits per heavy atom. The average Bonchev–Trinajstić information content (AvgIpc) is 3.04. The van der Waals surface area contributed by atoms with Crippen molar-refractivity contribution in [3.63, 3.8) is 0 Å². The molecule has 2 aromatic heterocycles. The highest BCUT2D eigenvalue weighted by atomic mass is 19.1. The number of pyridine rings is 1. The van der Waals surface area contributed by atoms with Crippen LogP contribution in [0, 0.1) is 5.95 Å². The number of amides is 1. The lowest BCUT2D eigenvalue weighted by molar-refractivity contribution is 0.0943. The standard InChI is InChI=1S/C18H16FN3O2/c1-11(2)21-18(23)13-7-5-12(6-8-13)16-10-15(22-24-16)14-4-3-9-20-17(14)19/h3-11H,1-2H3,(H,21,23). The molecule has 0 aliphatic carbocycles. The monoisotopic (exact) mass is 325 g/mol. The lowest BCUT2D eigenvalue weighted by Crippen LogP contribution is -2.29. The fourth-order valence-electron chi connectivity index (χ4n) is 2.25. The molecule has 0 saturated carbocycles. The number of halogens is 1. The van der Waals surface area contributed by atoms with Gasteiger partial charge in [-0.15, -0.1) is 0 Å². The third-order valence-corrected chi connectivity index (χ3v) is 3.40. The van der Waals surface area contributed by atoms with Gasteiger partial charge in [-0.05, 0) is 38.1 Å². The van der Waals surface area contributed by atoms with Crippen LogP contribution >= 0.6 is 0 Å². The van der Waals surface area contributed by atoms with Gasteiger partial charge in [0.1, 0.15) is 5.69 Å². The Morgan fingerprint density at radius 3 is 2.62 bits per heavy atom. The molecule has 3 rings (SSSR count). The number of nitrogens with zero attached hydrogens (tertiary/aromatic N) is 2. The lowest BCUT2D eigenvalue weighted by atomic mass is 10.1. The Morgan fingerprint density at radius 2 is 1.96 bits per heavy atom. The SMILES string of the molecule is CC(C)NC(=O)c1ccc(-c2cc(-c3cccnc3F)no2)cc1. The smallest absolute Gasteiger partial charge is 0.251 e. The van der Waals surface area contributed by atoms with Crippen LogP contribution < -0.4 is 5.32 Å². The van der Waals surface area contributed by atoms with E-state index in [2.05, 4.69) is 15.5 Å². The first-order valence-electron chi connectivity index (χ1n) is 7.53. The molecule has 0 aliphatic heterocycles. The van der Waals surface area contributed by atoms with Crippen LogP contribution in [0.5, 0.6) is 0 Å². The highest BCUT2D eigenvalue weighted by Gasteiger charge is 2.13. The van der Waals surface area contributed by atoms with Gasteiger partial charge in [0.05, 0.1) is 5.56 Å². The van der Waals surface area contributed by atoms with E-state index in [9.17, 15) is 9.18 Å². The minimum Gasteiger partial charge on any atom is -0.356 e.